The smallest absolute Gasteiger partial charge is 1.00 e. The van der Waals surface area contributed by atoms with E-state index >= 15 is 0 Å². The maximum Gasteiger partial charge on any atom is 2.00 e. The molecule has 0 aliphatic carbocycles. The van der Waals surface area contributed by atoms with Gasteiger partial charge in [-0.15, -0.1) is 0 Å². The Morgan fingerprint density at radius 1 is 1.36 bits per heavy atom. The number of carboxylic acids is 2. The Morgan fingerprint density at radius 2 is 1.73 bits per heavy atom. The molecule has 60 valence electrons. The van der Waals surface area contributed by atoms with Crippen LogP contribution >= 0.6 is 0 Å². The van der Waals surface area contributed by atoms with Crippen LogP contribution in [0.15, 0.2) is 0 Å². The molecule has 1 unspecified atom stereocenters. The number of rotatable bonds is 3. The third-order valence-corrected chi connectivity index (χ3v) is 0.712. The molecule has 1 atom stereocenters. The Balaban J connectivity index is -0.0000000213. The first kappa shape index (κ1) is 18.3. The second kappa shape index (κ2) is 9.51. The molecule has 0 saturated heterocycles. The maximum absolute atomic E-state index is 9.85. The molecule has 0 saturated carbocycles. The van der Waals surface area contributed by atoms with E-state index in [4.69, 9.17) is 15.9 Å². The first-order valence-electron chi connectivity index (χ1n) is 2.24. The van der Waals surface area contributed by atoms with Gasteiger partial charge in [0.1, 0.15) is 6.04 Å². The van der Waals surface area contributed by atoms with Gasteiger partial charge in [0.2, 0.25) is 0 Å². The first-order valence-corrected chi connectivity index (χ1v) is 2.24. The molecule has 7 heteroatoms. The van der Waals surface area contributed by atoms with Crippen LogP contribution in [0, 0.1) is 0 Å². The molecule has 0 aromatic heterocycles. The van der Waals surface area contributed by atoms with Crippen LogP contribution in [0.3, 0.4) is 0 Å². The fourth-order valence-corrected chi connectivity index (χ4v) is 0.275. The van der Waals surface area contributed by atoms with E-state index in [2.05, 4.69) is 0 Å². The standard InChI is InChI=1S/C4H7NO4.2Ca.4H/c5-2(4(8)9)1-3(6)7;;;;;;/h2H,1,5H2,(H,6,7)(H,8,9);;;;;;/q;2*+2;4*-1. The van der Waals surface area contributed by atoms with Crippen LogP contribution in [0.4, 0.5) is 0 Å². The summed E-state index contributed by atoms with van der Waals surface area (Å²) in [6.45, 7) is 0. The Labute approximate surface area is 129 Å². The van der Waals surface area contributed by atoms with E-state index in [0.29, 0.717) is 0 Å². The number of carbonyl (C=O) groups is 2. The summed E-state index contributed by atoms with van der Waals surface area (Å²) in [6, 6.07) is -1.29. The van der Waals surface area contributed by atoms with Crippen molar-refractivity contribution in [3.8, 4) is 0 Å². The molecule has 0 radical (unpaired) electrons. The normalized spacial score (nSPS) is 10.3. The second-order valence-electron chi connectivity index (χ2n) is 1.54. The molecule has 0 aromatic carbocycles. The summed E-state index contributed by atoms with van der Waals surface area (Å²) in [5, 5.41) is 16.0. The molecule has 4 N–H and O–H groups in total. The summed E-state index contributed by atoms with van der Waals surface area (Å²) in [5.41, 5.74) is 4.84. The van der Waals surface area contributed by atoms with Crippen molar-refractivity contribution in [3.05, 3.63) is 0 Å². The van der Waals surface area contributed by atoms with E-state index in [1.165, 1.54) is 0 Å². The van der Waals surface area contributed by atoms with Gasteiger partial charge in [-0.3, -0.25) is 9.59 Å². The van der Waals surface area contributed by atoms with Gasteiger partial charge in [-0.05, 0) is 0 Å². The maximum atomic E-state index is 9.85. The minimum absolute atomic E-state index is 0. The fraction of sp³-hybridized carbons (Fsp3) is 0.500. The molecule has 0 rings (SSSR count). The van der Waals surface area contributed by atoms with Crippen LogP contribution in [0.5, 0.6) is 0 Å². The largest absolute Gasteiger partial charge is 2.00 e. The van der Waals surface area contributed by atoms with Crippen molar-refractivity contribution in [2.45, 2.75) is 12.5 Å². The molecule has 0 fully saturated rings. The fourth-order valence-electron chi connectivity index (χ4n) is 0.275. The predicted octanol–water partition coefficient (Wildman–Crippen LogP) is -1.44. The van der Waals surface area contributed by atoms with E-state index in [0.717, 1.165) is 0 Å². The Morgan fingerprint density at radius 3 is 1.82 bits per heavy atom. The van der Waals surface area contributed by atoms with Crippen molar-refractivity contribution in [1.82, 2.24) is 0 Å². The zero-order valence-electron chi connectivity index (χ0n) is 9.99. The SMILES string of the molecule is NC(CC(=O)O)C(=O)O.[Ca+2].[Ca+2].[H-].[H-].[H-].[H-]. The van der Waals surface area contributed by atoms with Crippen LogP contribution in [-0.4, -0.2) is 104 Å². The van der Waals surface area contributed by atoms with Crippen molar-refractivity contribution in [1.29, 1.82) is 0 Å². The van der Waals surface area contributed by atoms with Gasteiger partial charge >= 0.3 is 87.4 Å². The van der Waals surface area contributed by atoms with Gasteiger partial charge in [-0.25, -0.2) is 0 Å². The molecule has 0 heterocycles. The summed E-state index contributed by atoms with van der Waals surface area (Å²) in [4.78, 5) is 19.6. The quantitative estimate of drug-likeness (QED) is 0.503. The van der Waals surface area contributed by atoms with Gasteiger partial charge in [-0.2, -0.15) is 0 Å². The molecule has 0 spiro atoms. The monoisotopic (exact) mass is 217 g/mol. The topological polar surface area (TPSA) is 101 Å². The summed E-state index contributed by atoms with van der Waals surface area (Å²) < 4.78 is 0. The Kier molecular flexibility index (Phi) is 15.8. The molecule has 0 aromatic rings. The van der Waals surface area contributed by atoms with Gasteiger partial charge in [0.15, 0.2) is 0 Å². The minimum atomic E-state index is -1.29. The third kappa shape index (κ3) is 11.4. The summed E-state index contributed by atoms with van der Waals surface area (Å²) in [6.07, 6.45) is -0.532. The number of carboxylic acid groups (broad SMARTS) is 2. The summed E-state index contributed by atoms with van der Waals surface area (Å²) in [5.74, 6) is -2.50. The number of hydrogen-bond acceptors (Lipinski definition) is 3. The summed E-state index contributed by atoms with van der Waals surface area (Å²) >= 11 is 0. The molecule has 0 aliphatic rings. The molecular weight excluding hydrogens is 206 g/mol. The first-order chi connectivity index (χ1) is 4.04. The van der Waals surface area contributed by atoms with Crippen LogP contribution in [0.25, 0.3) is 0 Å². The van der Waals surface area contributed by atoms with E-state index < -0.39 is 24.4 Å². The van der Waals surface area contributed by atoms with Crippen LogP contribution in [-0.2, 0) is 9.59 Å². The number of hydrogen-bond donors (Lipinski definition) is 3. The van der Waals surface area contributed by atoms with Crippen molar-refractivity contribution < 1.29 is 25.5 Å². The molecular formula is C4H11Ca2NO4. The summed E-state index contributed by atoms with van der Waals surface area (Å²) in [7, 11) is 0. The number of aliphatic carboxylic acids is 2. The average molecular weight is 217 g/mol. The predicted molar refractivity (Wildman–Crippen MR) is 43.8 cm³/mol. The Hall–Kier alpha value is 1.42. The van der Waals surface area contributed by atoms with Crippen molar-refractivity contribution in [2.75, 3.05) is 0 Å². The van der Waals surface area contributed by atoms with E-state index in [1.807, 2.05) is 0 Å². The van der Waals surface area contributed by atoms with Gasteiger partial charge in [0.25, 0.3) is 0 Å². The molecule has 0 aliphatic heterocycles. The van der Waals surface area contributed by atoms with Crippen molar-refractivity contribution in [3.63, 3.8) is 0 Å². The zero-order valence-corrected chi connectivity index (χ0v) is 10.4. The second-order valence-corrected chi connectivity index (χ2v) is 1.54. The van der Waals surface area contributed by atoms with Crippen molar-refractivity contribution >= 4 is 87.4 Å². The molecule has 0 amide bonds. The van der Waals surface area contributed by atoms with Crippen LogP contribution in [0.2, 0.25) is 0 Å². The zero-order chi connectivity index (χ0) is 7.44. The van der Waals surface area contributed by atoms with Gasteiger partial charge in [-0.1, -0.05) is 0 Å². The molecule has 5 nitrogen and oxygen atoms in total. The van der Waals surface area contributed by atoms with E-state index in [9.17, 15) is 9.59 Å². The van der Waals surface area contributed by atoms with Crippen LogP contribution in [0.1, 0.15) is 12.1 Å². The van der Waals surface area contributed by atoms with E-state index in [1.54, 1.807) is 0 Å². The van der Waals surface area contributed by atoms with Crippen molar-refractivity contribution in [2.24, 2.45) is 5.73 Å². The van der Waals surface area contributed by atoms with Gasteiger partial charge < -0.3 is 21.7 Å². The van der Waals surface area contributed by atoms with Crippen LogP contribution < -0.4 is 5.73 Å². The van der Waals surface area contributed by atoms with E-state index in [-0.39, 0.29) is 81.2 Å². The van der Waals surface area contributed by atoms with Gasteiger partial charge in [0, 0.05) is 0 Å². The molecule has 11 heavy (non-hydrogen) atoms. The number of nitrogens with two attached hydrogens (primary N) is 1. The Bertz CT molecular complexity index is 153. The average Bonchev–Trinajstić information content (AvgIpc) is 1.63. The third-order valence-electron chi connectivity index (χ3n) is 0.712. The van der Waals surface area contributed by atoms with Gasteiger partial charge in [0.05, 0.1) is 6.42 Å². The minimum Gasteiger partial charge on any atom is -1.00 e. The molecule has 0 bridgehead atoms.